The highest BCUT2D eigenvalue weighted by atomic mass is 35.5. The molecule has 0 aliphatic carbocycles. The molecular weight excluding hydrogens is 294 g/mol. The third kappa shape index (κ3) is 5.30. The Morgan fingerprint density at radius 3 is 2.81 bits per heavy atom. The monoisotopic (exact) mass is 313 g/mol. The number of pyridine rings is 1. The van der Waals surface area contributed by atoms with E-state index >= 15 is 0 Å². The van der Waals surface area contributed by atoms with Crippen LogP contribution in [-0.2, 0) is 0 Å². The van der Waals surface area contributed by atoms with Gasteiger partial charge in [-0.3, -0.25) is 14.9 Å². The van der Waals surface area contributed by atoms with Crippen molar-refractivity contribution in [3.05, 3.63) is 33.1 Å². The largest absolute Gasteiger partial charge is 0.352 e. The Morgan fingerprint density at radius 1 is 1.52 bits per heavy atom. The Morgan fingerprint density at radius 2 is 2.24 bits per heavy atom. The summed E-state index contributed by atoms with van der Waals surface area (Å²) in [5, 5.41) is 13.5. The van der Waals surface area contributed by atoms with Crippen LogP contribution in [0.15, 0.2) is 12.3 Å². The highest BCUT2D eigenvalue weighted by Crippen LogP contribution is 2.19. The zero-order valence-electron chi connectivity index (χ0n) is 12.3. The van der Waals surface area contributed by atoms with Gasteiger partial charge in [0.1, 0.15) is 11.3 Å². The first-order valence-corrected chi connectivity index (χ1v) is 7.45. The van der Waals surface area contributed by atoms with Crippen molar-refractivity contribution in [2.45, 2.75) is 39.5 Å². The number of unbranched alkanes of at least 4 members (excludes halogenated alkanes) is 1. The van der Waals surface area contributed by atoms with Crippen LogP contribution < -0.4 is 5.32 Å². The van der Waals surface area contributed by atoms with Crippen LogP contribution in [0, 0.1) is 16.0 Å². The molecule has 0 aliphatic heterocycles. The van der Waals surface area contributed by atoms with Gasteiger partial charge in [0.2, 0.25) is 0 Å². The molecule has 0 radical (unpaired) electrons. The van der Waals surface area contributed by atoms with E-state index in [0.29, 0.717) is 12.5 Å². The number of nitro groups is 1. The molecule has 7 heteroatoms. The van der Waals surface area contributed by atoms with Crippen molar-refractivity contribution < 1.29 is 9.72 Å². The average molecular weight is 314 g/mol. The van der Waals surface area contributed by atoms with Crippen molar-refractivity contribution in [1.82, 2.24) is 10.3 Å². The lowest BCUT2D eigenvalue weighted by Crippen LogP contribution is -2.29. The second-order valence-electron chi connectivity index (χ2n) is 4.92. The van der Waals surface area contributed by atoms with Crippen molar-refractivity contribution in [1.29, 1.82) is 0 Å². The quantitative estimate of drug-likeness (QED) is 0.451. The molecular formula is C14H20ClN3O3. The van der Waals surface area contributed by atoms with Gasteiger partial charge in [0, 0.05) is 12.6 Å². The van der Waals surface area contributed by atoms with Gasteiger partial charge in [-0.2, -0.15) is 0 Å². The van der Waals surface area contributed by atoms with Crippen molar-refractivity contribution in [2.75, 3.05) is 6.54 Å². The summed E-state index contributed by atoms with van der Waals surface area (Å²) in [4.78, 5) is 25.9. The van der Waals surface area contributed by atoms with E-state index in [9.17, 15) is 14.9 Å². The van der Waals surface area contributed by atoms with Crippen molar-refractivity contribution >= 4 is 23.2 Å². The van der Waals surface area contributed by atoms with E-state index < -0.39 is 10.8 Å². The van der Waals surface area contributed by atoms with Crippen molar-refractivity contribution in [3.63, 3.8) is 0 Å². The standard InChI is InChI=1S/C14H20ClN3O3/c1-3-5-6-10(4-2)8-17-14(19)12-7-11(18(20)21)9-16-13(12)15/h7,9-10H,3-6,8H2,1-2H3,(H,17,19). The predicted octanol–water partition coefficient (Wildman–Crippen LogP) is 3.59. The minimum Gasteiger partial charge on any atom is -0.352 e. The second kappa shape index (κ2) is 8.56. The van der Waals surface area contributed by atoms with Gasteiger partial charge < -0.3 is 5.32 Å². The van der Waals surface area contributed by atoms with Crippen LogP contribution in [0.5, 0.6) is 0 Å². The van der Waals surface area contributed by atoms with E-state index in [1.165, 1.54) is 0 Å². The zero-order valence-corrected chi connectivity index (χ0v) is 13.0. The molecule has 0 aliphatic rings. The molecule has 6 nitrogen and oxygen atoms in total. The summed E-state index contributed by atoms with van der Waals surface area (Å²) in [6, 6.07) is 1.15. The molecule has 0 aromatic carbocycles. The van der Waals surface area contributed by atoms with Gasteiger partial charge in [-0.05, 0) is 12.3 Å². The van der Waals surface area contributed by atoms with Gasteiger partial charge in [-0.15, -0.1) is 0 Å². The first kappa shape index (κ1) is 17.4. The van der Waals surface area contributed by atoms with Gasteiger partial charge in [0.15, 0.2) is 0 Å². The summed E-state index contributed by atoms with van der Waals surface area (Å²) >= 11 is 5.83. The molecule has 1 N–H and O–H groups in total. The third-order valence-corrected chi connectivity index (χ3v) is 3.68. The van der Waals surface area contributed by atoms with Crippen molar-refractivity contribution in [2.24, 2.45) is 5.92 Å². The highest BCUT2D eigenvalue weighted by Gasteiger charge is 2.17. The lowest BCUT2D eigenvalue weighted by atomic mass is 9.99. The summed E-state index contributed by atoms with van der Waals surface area (Å²) in [7, 11) is 0. The number of hydrogen-bond donors (Lipinski definition) is 1. The van der Waals surface area contributed by atoms with E-state index in [2.05, 4.69) is 24.1 Å². The molecule has 1 amide bonds. The topological polar surface area (TPSA) is 85.1 Å². The molecule has 0 spiro atoms. The Balaban J connectivity index is 2.70. The lowest BCUT2D eigenvalue weighted by molar-refractivity contribution is -0.385. The van der Waals surface area contributed by atoms with E-state index in [0.717, 1.165) is 37.9 Å². The summed E-state index contributed by atoms with van der Waals surface area (Å²) in [5.74, 6) is -0.0227. The van der Waals surface area contributed by atoms with Crippen LogP contribution in [0.2, 0.25) is 5.15 Å². The number of halogens is 1. The van der Waals surface area contributed by atoms with Gasteiger partial charge >= 0.3 is 0 Å². The first-order chi connectivity index (χ1) is 9.99. The number of nitrogens with zero attached hydrogens (tertiary/aromatic N) is 2. The van der Waals surface area contributed by atoms with Crippen molar-refractivity contribution in [3.8, 4) is 0 Å². The summed E-state index contributed by atoms with van der Waals surface area (Å²) in [6.45, 7) is 4.74. The van der Waals surface area contributed by atoms with Gasteiger partial charge in [0.05, 0.1) is 10.5 Å². The Bertz CT molecular complexity index is 508. The fourth-order valence-electron chi connectivity index (χ4n) is 1.97. The molecule has 21 heavy (non-hydrogen) atoms. The minimum absolute atomic E-state index is 0.0280. The van der Waals surface area contributed by atoms with E-state index in [4.69, 9.17) is 11.6 Å². The first-order valence-electron chi connectivity index (χ1n) is 7.07. The van der Waals surface area contributed by atoms with Crippen LogP contribution in [0.1, 0.15) is 49.9 Å². The summed E-state index contributed by atoms with van der Waals surface area (Å²) < 4.78 is 0. The van der Waals surface area contributed by atoms with Crippen LogP contribution in [-0.4, -0.2) is 22.4 Å². The normalized spacial score (nSPS) is 12.0. The van der Waals surface area contributed by atoms with E-state index in [1.54, 1.807) is 0 Å². The molecule has 0 saturated carbocycles. The summed E-state index contributed by atoms with van der Waals surface area (Å²) in [6.07, 6.45) is 5.29. The Labute approximate surface area is 129 Å². The maximum absolute atomic E-state index is 12.1. The smallest absolute Gasteiger partial charge is 0.288 e. The van der Waals surface area contributed by atoms with Crippen LogP contribution in [0.4, 0.5) is 5.69 Å². The molecule has 1 aromatic heterocycles. The number of hydrogen-bond acceptors (Lipinski definition) is 4. The molecule has 1 heterocycles. The molecule has 0 bridgehead atoms. The number of rotatable bonds is 8. The molecule has 1 rings (SSSR count). The van der Waals surface area contributed by atoms with Gasteiger partial charge in [0.25, 0.3) is 11.6 Å². The second-order valence-corrected chi connectivity index (χ2v) is 5.27. The summed E-state index contributed by atoms with van der Waals surface area (Å²) in [5.41, 5.74) is -0.209. The molecule has 0 saturated heterocycles. The van der Waals surface area contributed by atoms with Crippen LogP contribution >= 0.6 is 11.6 Å². The fraction of sp³-hybridized carbons (Fsp3) is 0.571. The minimum atomic E-state index is -0.601. The third-order valence-electron chi connectivity index (χ3n) is 3.37. The number of amides is 1. The fourth-order valence-corrected chi connectivity index (χ4v) is 2.16. The van der Waals surface area contributed by atoms with Crippen LogP contribution in [0.25, 0.3) is 0 Å². The number of carbonyl (C=O) groups is 1. The molecule has 1 unspecified atom stereocenters. The Hall–Kier alpha value is -1.69. The molecule has 0 fully saturated rings. The number of carbonyl (C=O) groups excluding carboxylic acids is 1. The maximum Gasteiger partial charge on any atom is 0.288 e. The zero-order chi connectivity index (χ0) is 15.8. The highest BCUT2D eigenvalue weighted by molar-refractivity contribution is 6.32. The lowest BCUT2D eigenvalue weighted by Gasteiger charge is -2.15. The van der Waals surface area contributed by atoms with Gasteiger partial charge in [-0.1, -0.05) is 44.7 Å². The SMILES string of the molecule is CCCCC(CC)CNC(=O)c1cc([N+](=O)[O-])cnc1Cl. The van der Waals surface area contributed by atoms with E-state index in [1.807, 2.05) is 0 Å². The number of nitrogens with one attached hydrogen (secondary N) is 1. The Kier molecular flexibility index (Phi) is 7.08. The van der Waals surface area contributed by atoms with Crippen LogP contribution in [0.3, 0.4) is 0 Å². The number of aromatic nitrogens is 1. The van der Waals surface area contributed by atoms with E-state index in [-0.39, 0.29) is 16.4 Å². The molecule has 116 valence electrons. The molecule has 1 aromatic rings. The molecule has 1 atom stereocenters. The maximum atomic E-state index is 12.1. The van der Waals surface area contributed by atoms with Gasteiger partial charge in [-0.25, -0.2) is 4.98 Å². The average Bonchev–Trinajstić information content (AvgIpc) is 2.47. The predicted molar refractivity (Wildman–Crippen MR) is 81.5 cm³/mol.